The fraction of sp³-hybridized carbons (Fsp3) is 0.444. The van der Waals surface area contributed by atoms with E-state index in [-0.39, 0.29) is 6.61 Å². The van der Waals surface area contributed by atoms with Crippen LogP contribution in [-0.2, 0) is 0 Å². The normalized spacial score (nSPS) is 12.8. The van der Waals surface area contributed by atoms with Crippen molar-refractivity contribution in [3.63, 3.8) is 0 Å². The van der Waals surface area contributed by atoms with Crippen LogP contribution in [-0.4, -0.2) is 21.9 Å². The maximum atomic E-state index is 8.74. The van der Waals surface area contributed by atoms with Crippen molar-refractivity contribution >= 4 is 29.1 Å². The molecule has 1 aromatic rings. The van der Waals surface area contributed by atoms with Crippen LogP contribution in [0.4, 0.5) is 5.69 Å². The lowest BCUT2D eigenvalue weighted by molar-refractivity contribution is 0.289. The molecule has 5 heteroatoms. The monoisotopic (exact) mass is 232 g/mol. The van der Waals surface area contributed by atoms with Gasteiger partial charge in [-0.05, 0) is 12.5 Å². The van der Waals surface area contributed by atoms with Crippen molar-refractivity contribution in [2.45, 2.75) is 23.6 Å². The molecule has 3 N–H and O–H groups in total. The maximum Gasteiger partial charge on any atom is 0.115 e. The summed E-state index contributed by atoms with van der Waals surface area (Å²) in [5, 5.41) is 10.4. The quantitative estimate of drug-likeness (QED) is 0.782. The van der Waals surface area contributed by atoms with Gasteiger partial charge in [0.2, 0.25) is 0 Å². The number of nitrogens with two attached hydrogens (primary N) is 1. The van der Waals surface area contributed by atoms with E-state index in [1.54, 1.807) is 24.0 Å². The summed E-state index contributed by atoms with van der Waals surface area (Å²) in [5.74, 6) is 0. The van der Waals surface area contributed by atoms with Gasteiger partial charge in [0.15, 0.2) is 0 Å². The van der Waals surface area contributed by atoms with Crippen LogP contribution in [0.2, 0.25) is 5.02 Å². The smallest absolute Gasteiger partial charge is 0.115 e. The SMILES string of the molecule is CC(CCO)Sc1ncc(N)cc1Cl. The average molecular weight is 233 g/mol. The van der Waals surface area contributed by atoms with E-state index in [1.165, 1.54) is 0 Å². The molecular formula is C9H13ClN2OS. The van der Waals surface area contributed by atoms with Crippen LogP contribution >= 0.6 is 23.4 Å². The van der Waals surface area contributed by atoms with E-state index < -0.39 is 0 Å². The van der Waals surface area contributed by atoms with Crippen molar-refractivity contribution < 1.29 is 5.11 Å². The van der Waals surface area contributed by atoms with Crippen LogP contribution in [0.5, 0.6) is 0 Å². The summed E-state index contributed by atoms with van der Waals surface area (Å²) in [4.78, 5) is 4.12. The first kappa shape index (κ1) is 11.6. The van der Waals surface area contributed by atoms with Gasteiger partial charge in [-0.25, -0.2) is 4.98 Å². The van der Waals surface area contributed by atoms with Crippen LogP contribution in [0.3, 0.4) is 0 Å². The molecule has 14 heavy (non-hydrogen) atoms. The van der Waals surface area contributed by atoms with E-state index in [9.17, 15) is 0 Å². The lowest BCUT2D eigenvalue weighted by Gasteiger charge is -2.09. The van der Waals surface area contributed by atoms with E-state index in [2.05, 4.69) is 4.98 Å². The molecule has 0 aliphatic heterocycles. The topological polar surface area (TPSA) is 59.1 Å². The molecule has 0 bridgehead atoms. The predicted octanol–water partition coefficient (Wildman–Crippen LogP) is 2.18. The lowest BCUT2D eigenvalue weighted by atomic mass is 10.3. The van der Waals surface area contributed by atoms with Gasteiger partial charge in [0.1, 0.15) is 5.03 Å². The van der Waals surface area contributed by atoms with Gasteiger partial charge in [0, 0.05) is 11.9 Å². The van der Waals surface area contributed by atoms with Gasteiger partial charge < -0.3 is 10.8 Å². The number of aliphatic hydroxyl groups is 1. The predicted molar refractivity (Wildman–Crippen MR) is 60.7 cm³/mol. The van der Waals surface area contributed by atoms with Crippen molar-refractivity contribution in [1.29, 1.82) is 0 Å². The third-order valence-electron chi connectivity index (χ3n) is 1.68. The summed E-state index contributed by atoms with van der Waals surface area (Å²) in [6, 6.07) is 1.68. The summed E-state index contributed by atoms with van der Waals surface area (Å²) < 4.78 is 0. The standard InChI is InChI=1S/C9H13ClN2OS/c1-6(2-3-13)14-9-8(10)4-7(11)5-12-9/h4-6,13H,2-3,11H2,1H3. The number of nitrogens with zero attached hydrogens (tertiary/aromatic N) is 1. The van der Waals surface area contributed by atoms with Gasteiger partial charge in [-0.3, -0.25) is 0 Å². The minimum atomic E-state index is 0.181. The highest BCUT2D eigenvalue weighted by Crippen LogP contribution is 2.30. The Balaban J connectivity index is 2.67. The van der Waals surface area contributed by atoms with Crippen LogP contribution in [0.1, 0.15) is 13.3 Å². The number of anilines is 1. The molecule has 1 unspecified atom stereocenters. The van der Waals surface area contributed by atoms with Gasteiger partial charge in [0.05, 0.1) is 16.9 Å². The molecule has 0 aliphatic carbocycles. The van der Waals surface area contributed by atoms with Gasteiger partial charge in [-0.2, -0.15) is 0 Å². The second-order valence-corrected chi connectivity index (χ2v) is 4.83. The molecule has 1 aromatic heterocycles. The molecule has 1 rings (SSSR count). The molecule has 0 saturated heterocycles. The first-order chi connectivity index (χ1) is 6.63. The fourth-order valence-electron chi connectivity index (χ4n) is 0.958. The summed E-state index contributed by atoms with van der Waals surface area (Å²) in [6.07, 6.45) is 2.31. The molecule has 1 heterocycles. The van der Waals surface area contributed by atoms with Gasteiger partial charge in [-0.15, -0.1) is 11.8 Å². The Labute approximate surface area is 92.7 Å². The third kappa shape index (κ3) is 3.36. The fourth-order valence-corrected chi connectivity index (χ4v) is 2.16. The van der Waals surface area contributed by atoms with E-state index in [0.29, 0.717) is 16.0 Å². The summed E-state index contributed by atoms with van der Waals surface area (Å²) in [6.45, 7) is 2.20. The van der Waals surface area contributed by atoms with Crippen molar-refractivity contribution in [1.82, 2.24) is 4.98 Å². The number of hydrogen-bond acceptors (Lipinski definition) is 4. The second kappa shape index (κ2) is 5.44. The van der Waals surface area contributed by atoms with Crippen molar-refractivity contribution in [2.24, 2.45) is 0 Å². The number of aromatic nitrogens is 1. The first-order valence-electron chi connectivity index (χ1n) is 4.32. The maximum absolute atomic E-state index is 8.74. The molecule has 0 aromatic carbocycles. The molecule has 78 valence electrons. The number of aliphatic hydroxyl groups excluding tert-OH is 1. The Morgan fingerprint density at radius 3 is 3.00 bits per heavy atom. The van der Waals surface area contributed by atoms with Gasteiger partial charge in [0.25, 0.3) is 0 Å². The molecular weight excluding hydrogens is 220 g/mol. The average Bonchev–Trinajstić information content (AvgIpc) is 2.10. The van der Waals surface area contributed by atoms with Crippen LogP contribution < -0.4 is 5.73 Å². The molecule has 0 amide bonds. The van der Waals surface area contributed by atoms with Crippen LogP contribution in [0.25, 0.3) is 0 Å². The highest BCUT2D eigenvalue weighted by molar-refractivity contribution is 7.99. The Bertz CT molecular complexity index is 309. The number of hydrogen-bond donors (Lipinski definition) is 2. The minimum Gasteiger partial charge on any atom is -0.397 e. The largest absolute Gasteiger partial charge is 0.397 e. The Hall–Kier alpha value is -0.450. The molecule has 3 nitrogen and oxygen atoms in total. The summed E-state index contributed by atoms with van der Waals surface area (Å²) >= 11 is 7.49. The minimum absolute atomic E-state index is 0.181. The number of thioether (sulfide) groups is 1. The Kier molecular flexibility index (Phi) is 4.51. The molecule has 1 atom stereocenters. The van der Waals surface area contributed by atoms with E-state index >= 15 is 0 Å². The zero-order chi connectivity index (χ0) is 10.6. The van der Waals surface area contributed by atoms with Crippen molar-refractivity contribution in [2.75, 3.05) is 12.3 Å². The first-order valence-corrected chi connectivity index (χ1v) is 5.57. The molecule has 0 fully saturated rings. The zero-order valence-corrected chi connectivity index (χ0v) is 9.48. The third-order valence-corrected chi connectivity index (χ3v) is 3.26. The van der Waals surface area contributed by atoms with Crippen molar-refractivity contribution in [3.05, 3.63) is 17.3 Å². The number of pyridine rings is 1. The number of nitrogen functional groups attached to an aromatic ring is 1. The van der Waals surface area contributed by atoms with Crippen LogP contribution in [0, 0.1) is 0 Å². The van der Waals surface area contributed by atoms with Crippen LogP contribution in [0.15, 0.2) is 17.3 Å². The van der Waals surface area contributed by atoms with Gasteiger partial charge >= 0.3 is 0 Å². The highest BCUT2D eigenvalue weighted by Gasteiger charge is 2.08. The van der Waals surface area contributed by atoms with Crippen molar-refractivity contribution in [3.8, 4) is 0 Å². The Morgan fingerprint density at radius 1 is 1.71 bits per heavy atom. The Morgan fingerprint density at radius 2 is 2.43 bits per heavy atom. The molecule has 0 radical (unpaired) electrons. The van der Waals surface area contributed by atoms with E-state index in [4.69, 9.17) is 22.4 Å². The number of halogens is 1. The molecule has 0 spiro atoms. The summed E-state index contributed by atoms with van der Waals surface area (Å²) in [7, 11) is 0. The van der Waals surface area contributed by atoms with E-state index in [0.717, 1.165) is 11.4 Å². The van der Waals surface area contributed by atoms with Gasteiger partial charge in [-0.1, -0.05) is 18.5 Å². The van der Waals surface area contributed by atoms with E-state index in [1.807, 2.05) is 6.92 Å². The molecule has 0 saturated carbocycles. The lowest BCUT2D eigenvalue weighted by Crippen LogP contribution is -2.00. The second-order valence-electron chi connectivity index (χ2n) is 3.00. The number of rotatable bonds is 4. The highest BCUT2D eigenvalue weighted by atomic mass is 35.5. The zero-order valence-electron chi connectivity index (χ0n) is 7.90. The molecule has 0 aliphatic rings. The summed E-state index contributed by atoms with van der Waals surface area (Å²) in [5.41, 5.74) is 6.08.